The first kappa shape index (κ1) is 14.4. The van der Waals surface area contributed by atoms with Crippen molar-refractivity contribution < 1.29 is 4.79 Å². The van der Waals surface area contributed by atoms with E-state index in [0.717, 1.165) is 18.5 Å². The Hall–Kier alpha value is -2.50. The maximum Gasteiger partial charge on any atom is 0.254 e. The summed E-state index contributed by atoms with van der Waals surface area (Å²) >= 11 is 0. The molecule has 1 aliphatic heterocycles. The quantitative estimate of drug-likeness (QED) is 0.911. The Bertz CT molecular complexity index is 726. The zero-order valence-electron chi connectivity index (χ0n) is 12.5. The third kappa shape index (κ3) is 3.05. The summed E-state index contributed by atoms with van der Waals surface area (Å²) in [7, 11) is 0. The number of likely N-dealkylation sites (tertiary alicyclic amines) is 1. The predicted octanol–water partition coefficient (Wildman–Crippen LogP) is 1.49. The molecule has 1 N–H and O–H groups in total. The molecule has 1 fully saturated rings. The molecule has 114 valence electrons. The summed E-state index contributed by atoms with van der Waals surface area (Å²) in [5, 5.41) is 0. The number of hydrogen-bond donors (Lipinski definition) is 1. The minimum atomic E-state index is -0.243. The molecule has 0 saturated carbocycles. The third-order valence-electron chi connectivity index (χ3n) is 3.96. The monoisotopic (exact) mass is 298 g/mol. The minimum absolute atomic E-state index is 0.0899. The molecule has 2 aromatic rings. The van der Waals surface area contributed by atoms with Gasteiger partial charge >= 0.3 is 0 Å². The van der Waals surface area contributed by atoms with Crippen LogP contribution in [0, 0.1) is 6.92 Å². The molecule has 0 aromatic carbocycles. The van der Waals surface area contributed by atoms with E-state index in [0.29, 0.717) is 24.3 Å². The Balaban J connectivity index is 1.79. The summed E-state index contributed by atoms with van der Waals surface area (Å²) in [6, 6.07) is 4.98. The van der Waals surface area contributed by atoms with Crippen LogP contribution in [0.4, 0.5) is 0 Å². The average Bonchev–Trinajstić information content (AvgIpc) is 2.54. The van der Waals surface area contributed by atoms with Gasteiger partial charge in [0.2, 0.25) is 5.56 Å². The smallest absolute Gasteiger partial charge is 0.254 e. The Morgan fingerprint density at radius 3 is 3.00 bits per heavy atom. The molecule has 0 aliphatic carbocycles. The molecule has 3 heterocycles. The fourth-order valence-electron chi connectivity index (χ4n) is 2.93. The van der Waals surface area contributed by atoms with Crippen molar-refractivity contribution in [2.75, 3.05) is 13.1 Å². The highest BCUT2D eigenvalue weighted by molar-refractivity contribution is 5.94. The number of aryl methyl sites for hydroxylation is 1. The standard InChI is InChI=1S/C16H18N4O2/c1-11-7-13(8-15(21)19-11)16(22)20-6-2-3-12(9-20)14-4-5-17-10-18-14/h4-5,7-8,10,12H,2-3,6,9H2,1H3,(H,19,21)/t12-/m1/s1. The van der Waals surface area contributed by atoms with Gasteiger partial charge < -0.3 is 9.88 Å². The van der Waals surface area contributed by atoms with Gasteiger partial charge in [-0.15, -0.1) is 0 Å². The molecule has 1 saturated heterocycles. The van der Waals surface area contributed by atoms with Gasteiger partial charge in [-0.1, -0.05) is 0 Å². The molecule has 1 amide bonds. The number of pyridine rings is 1. The molecular formula is C16H18N4O2. The lowest BCUT2D eigenvalue weighted by atomic mass is 9.94. The summed E-state index contributed by atoms with van der Waals surface area (Å²) < 4.78 is 0. The molecular weight excluding hydrogens is 280 g/mol. The zero-order chi connectivity index (χ0) is 15.5. The summed E-state index contributed by atoms with van der Waals surface area (Å²) in [6.45, 7) is 3.12. The second-order valence-electron chi connectivity index (χ2n) is 5.64. The first-order valence-electron chi connectivity index (χ1n) is 7.39. The molecule has 0 bridgehead atoms. The summed E-state index contributed by atoms with van der Waals surface area (Å²) in [5.41, 5.74) is 1.87. The summed E-state index contributed by atoms with van der Waals surface area (Å²) in [4.78, 5) is 36.9. The third-order valence-corrected chi connectivity index (χ3v) is 3.96. The Kier molecular flexibility index (Phi) is 4.00. The van der Waals surface area contributed by atoms with Crippen molar-refractivity contribution in [3.63, 3.8) is 0 Å². The van der Waals surface area contributed by atoms with Gasteiger partial charge in [0.15, 0.2) is 0 Å². The number of nitrogens with one attached hydrogen (secondary N) is 1. The van der Waals surface area contributed by atoms with Crippen LogP contribution < -0.4 is 5.56 Å². The van der Waals surface area contributed by atoms with E-state index >= 15 is 0 Å². The molecule has 1 atom stereocenters. The van der Waals surface area contributed by atoms with Crippen molar-refractivity contribution in [1.29, 1.82) is 0 Å². The second-order valence-corrected chi connectivity index (χ2v) is 5.64. The van der Waals surface area contributed by atoms with Gasteiger partial charge in [-0.3, -0.25) is 9.59 Å². The topological polar surface area (TPSA) is 79.0 Å². The van der Waals surface area contributed by atoms with Crippen LogP contribution in [0.5, 0.6) is 0 Å². The molecule has 6 heteroatoms. The van der Waals surface area contributed by atoms with E-state index in [4.69, 9.17) is 0 Å². The molecule has 0 unspecified atom stereocenters. The molecule has 2 aromatic heterocycles. The molecule has 0 spiro atoms. The first-order chi connectivity index (χ1) is 10.6. The number of amides is 1. The predicted molar refractivity (Wildman–Crippen MR) is 81.7 cm³/mol. The maximum atomic E-state index is 12.6. The van der Waals surface area contributed by atoms with E-state index in [-0.39, 0.29) is 17.4 Å². The van der Waals surface area contributed by atoms with Gasteiger partial charge in [-0.25, -0.2) is 9.97 Å². The molecule has 3 rings (SSSR count). The lowest BCUT2D eigenvalue weighted by molar-refractivity contribution is 0.0705. The zero-order valence-corrected chi connectivity index (χ0v) is 12.5. The van der Waals surface area contributed by atoms with E-state index < -0.39 is 0 Å². The van der Waals surface area contributed by atoms with E-state index in [1.165, 1.54) is 12.4 Å². The van der Waals surface area contributed by atoms with Crippen molar-refractivity contribution in [2.45, 2.75) is 25.7 Å². The lowest BCUT2D eigenvalue weighted by Gasteiger charge is -2.32. The Morgan fingerprint density at radius 1 is 1.41 bits per heavy atom. The van der Waals surface area contributed by atoms with Crippen LogP contribution in [0.2, 0.25) is 0 Å². The SMILES string of the molecule is Cc1cc(C(=O)N2CCC[C@@H](c3ccncn3)C2)cc(=O)[nH]1. The van der Waals surface area contributed by atoms with Gasteiger partial charge in [-0.2, -0.15) is 0 Å². The van der Waals surface area contributed by atoms with Crippen LogP contribution in [-0.2, 0) is 0 Å². The van der Waals surface area contributed by atoms with Gasteiger partial charge in [0.05, 0.1) is 0 Å². The number of piperidine rings is 1. The number of hydrogen-bond acceptors (Lipinski definition) is 4. The fraction of sp³-hybridized carbons (Fsp3) is 0.375. The Morgan fingerprint density at radius 2 is 2.27 bits per heavy atom. The van der Waals surface area contributed by atoms with Crippen LogP contribution >= 0.6 is 0 Å². The van der Waals surface area contributed by atoms with Crippen LogP contribution in [0.3, 0.4) is 0 Å². The van der Waals surface area contributed by atoms with Gasteiger partial charge in [-0.05, 0) is 31.9 Å². The van der Waals surface area contributed by atoms with E-state index in [2.05, 4.69) is 15.0 Å². The van der Waals surface area contributed by atoms with Gasteiger partial charge in [0.25, 0.3) is 5.91 Å². The number of carbonyl (C=O) groups excluding carboxylic acids is 1. The normalized spacial score (nSPS) is 18.2. The molecule has 6 nitrogen and oxygen atoms in total. The number of aromatic nitrogens is 3. The number of H-pyrrole nitrogens is 1. The van der Waals surface area contributed by atoms with Crippen LogP contribution in [0.15, 0.2) is 35.5 Å². The van der Waals surface area contributed by atoms with Crippen LogP contribution in [0.1, 0.15) is 40.5 Å². The Labute approximate surface area is 128 Å². The van der Waals surface area contributed by atoms with Crippen molar-refractivity contribution in [3.8, 4) is 0 Å². The highest BCUT2D eigenvalue weighted by atomic mass is 16.2. The fourth-order valence-corrected chi connectivity index (χ4v) is 2.93. The van der Waals surface area contributed by atoms with Gasteiger partial charge in [0.1, 0.15) is 6.33 Å². The minimum Gasteiger partial charge on any atom is -0.338 e. The van der Waals surface area contributed by atoms with Crippen molar-refractivity contribution >= 4 is 5.91 Å². The largest absolute Gasteiger partial charge is 0.338 e. The number of carbonyl (C=O) groups is 1. The number of rotatable bonds is 2. The highest BCUT2D eigenvalue weighted by Gasteiger charge is 2.26. The summed E-state index contributed by atoms with van der Waals surface area (Å²) in [6.07, 6.45) is 5.21. The molecule has 22 heavy (non-hydrogen) atoms. The molecule has 0 radical (unpaired) electrons. The van der Waals surface area contributed by atoms with E-state index in [1.807, 2.05) is 11.0 Å². The average molecular weight is 298 g/mol. The van der Waals surface area contributed by atoms with Gasteiger partial charge in [0, 0.05) is 48.2 Å². The molecule has 1 aliphatic rings. The maximum absolute atomic E-state index is 12.6. The summed E-state index contributed by atoms with van der Waals surface area (Å²) in [5.74, 6) is 0.136. The second kappa shape index (κ2) is 6.09. The highest BCUT2D eigenvalue weighted by Crippen LogP contribution is 2.25. The number of aromatic amines is 1. The van der Waals surface area contributed by atoms with Crippen molar-refractivity contribution in [1.82, 2.24) is 19.9 Å². The van der Waals surface area contributed by atoms with Crippen LogP contribution in [-0.4, -0.2) is 38.8 Å². The lowest BCUT2D eigenvalue weighted by Crippen LogP contribution is -2.39. The first-order valence-corrected chi connectivity index (χ1v) is 7.39. The van der Waals surface area contributed by atoms with E-state index in [1.54, 1.807) is 19.2 Å². The van der Waals surface area contributed by atoms with Crippen LogP contribution in [0.25, 0.3) is 0 Å². The number of nitrogens with zero attached hydrogens (tertiary/aromatic N) is 3. The van der Waals surface area contributed by atoms with Crippen molar-refractivity contribution in [2.24, 2.45) is 0 Å². The van der Waals surface area contributed by atoms with Crippen molar-refractivity contribution in [3.05, 3.63) is 58.0 Å². The van der Waals surface area contributed by atoms with E-state index in [9.17, 15) is 9.59 Å².